The lowest BCUT2D eigenvalue weighted by Gasteiger charge is -2.29. The van der Waals surface area contributed by atoms with E-state index in [1.54, 1.807) is 27.0 Å². The zero-order chi connectivity index (χ0) is 18.0. The first kappa shape index (κ1) is 18.4. The summed E-state index contributed by atoms with van der Waals surface area (Å²) in [5, 5.41) is 3.27. The molecule has 2 aliphatic rings. The van der Waals surface area contributed by atoms with Crippen molar-refractivity contribution in [2.24, 2.45) is 13.0 Å². The van der Waals surface area contributed by atoms with Crippen molar-refractivity contribution < 1.29 is 13.2 Å². The van der Waals surface area contributed by atoms with Crippen molar-refractivity contribution >= 4 is 15.9 Å². The first-order valence-corrected chi connectivity index (χ1v) is 10.5. The number of piperidine rings is 1. The van der Waals surface area contributed by atoms with Crippen LogP contribution in [0.1, 0.15) is 36.7 Å². The molecule has 1 N–H and O–H groups in total. The van der Waals surface area contributed by atoms with E-state index in [0.717, 1.165) is 32.4 Å². The minimum atomic E-state index is -3.54. The summed E-state index contributed by atoms with van der Waals surface area (Å²) < 4.78 is 29.1. The minimum Gasteiger partial charge on any atom is -0.345 e. The van der Waals surface area contributed by atoms with Gasteiger partial charge in [-0.25, -0.2) is 8.42 Å². The fourth-order valence-corrected chi connectivity index (χ4v) is 5.28. The zero-order valence-electron chi connectivity index (χ0n) is 15.1. The smallest absolute Gasteiger partial charge is 0.270 e. The van der Waals surface area contributed by atoms with Crippen LogP contribution in [0.2, 0.25) is 0 Å². The van der Waals surface area contributed by atoms with Crippen LogP contribution in [0.25, 0.3) is 0 Å². The van der Waals surface area contributed by atoms with Gasteiger partial charge in [0, 0.05) is 46.0 Å². The maximum atomic E-state index is 12.9. The first-order valence-electron chi connectivity index (χ1n) is 9.06. The summed E-state index contributed by atoms with van der Waals surface area (Å²) >= 11 is 0. The van der Waals surface area contributed by atoms with E-state index in [2.05, 4.69) is 12.2 Å². The van der Waals surface area contributed by atoms with Crippen molar-refractivity contribution in [2.45, 2.75) is 31.1 Å². The zero-order valence-corrected chi connectivity index (χ0v) is 15.9. The van der Waals surface area contributed by atoms with Crippen molar-refractivity contribution in [1.29, 1.82) is 0 Å². The fraction of sp³-hybridized carbons (Fsp3) is 0.706. The Bertz CT molecular complexity index is 720. The summed E-state index contributed by atoms with van der Waals surface area (Å²) in [7, 11) is -1.80. The fourth-order valence-electron chi connectivity index (χ4n) is 3.61. The van der Waals surface area contributed by atoms with E-state index in [9.17, 15) is 13.2 Å². The monoisotopic (exact) mass is 368 g/mol. The molecule has 0 spiro atoms. The lowest BCUT2D eigenvalue weighted by molar-refractivity contribution is 0.0757. The summed E-state index contributed by atoms with van der Waals surface area (Å²) in [6.45, 7) is 6.21. The van der Waals surface area contributed by atoms with Crippen LogP contribution in [0.4, 0.5) is 0 Å². The van der Waals surface area contributed by atoms with Gasteiger partial charge in [-0.3, -0.25) is 4.79 Å². The topological polar surface area (TPSA) is 74.7 Å². The Morgan fingerprint density at radius 2 is 2.00 bits per heavy atom. The predicted molar refractivity (Wildman–Crippen MR) is 96.0 cm³/mol. The summed E-state index contributed by atoms with van der Waals surface area (Å²) in [5.41, 5.74) is 0.436. The maximum absolute atomic E-state index is 12.9. The largest absolute Gasteiger partial charge is 0.345 e. The SMILES string of the molecule is CC1CCCN(S(=O)(=O)c2cc(C(=O)N3CCCNCC3)n(C)c2)C1. The second-order valence-corrected chi connectivity index (χ2v) is 9.12. The molecule has 8 heteroatoms. The number of nitrogens with one attached hydrogen (secondary N) is 1. The maximum Gasteiger partial charge on any atom is 0.270 e. The van der Waals surface area contributed by atoms with E-state index < -0.39 is 10.0 Å². The second kappa shape index (κ2) is 7.47. The van der Waals surface area contributed by atoms with Gasteiger partial charge in [-0.15, -0.1) is 0 Å². The number of carbonyl (C=O) groups excluding carboxylic acids is 1. The molecule has 0 aromatic carbocycles. The molecule has 2 fully saturated rings. The van der Waals surface area contributed by atoms with Crippen LogP contribution in [-0.4, -0.2) is 67.4 Å². The number of sulfonamides is 1. The van der Waals surface area contributed by atoms with Crippen molar-refractivity contribution in [1.82, 2.24) is 19.1 Å². The summed E-state index contributed by atoms with van der Waals surface area (Å²) in [6.07, 6.45) is 4.43. The molecular weight excluding hydrogens is 340 g/mol. The molecule has 3 heterocycles. The average molecular weight is 369 g/mol. The van der Waals surface area contributed by atoms with Crippen LogP contribution in [-0.2, 0) is 17.1 Å². The highest BCUT2D eigenvalue weighted by Gasteiger charge is 2.31. The first-order chi connectivity index (χ1) is 11.9. The van der Waals surface area contributed by atoms with E-state index in [1.165, 1.54) is 6.07 Å². The molecule has 7 nitrogen and oxygen atoms in total. The van der Waals surface area contributed by atoms with E-state index in [-0.39, 0.29) is 10.8 Å². The molecule has 1 amide bonds. The van der Waals surface area contributed by atoms with Gasteiger partial charge in [0.2, 0.25) is 10.0 Å². The molecule has 3 rings (SSSR count). The Morgan fingerprint density at radius 1 is 1.20 bits per heavy atom. The molecule has 140 valence electrons. The molecule has 2 aliphatic heterocycles. The Labute approximate surface area is 150 Å². The number of rotatable bonds is 3. The number of aryl methyl sites for hydroxylation is 1. The van der Waals surface area contributed by atoms with Gasteiger partial charge in [0.1, 0.15) is 10.6 Å². The molecule has 0 aliphatic carbocycles. The molecule has 1 aromatic rings. The number of amides is 1. The van der Waals surface area contributed by atoms with Gasteiger partial charge in [0.05, 0.1) is 0 Å². The van der Waals surface area contributed by atoms with E-state index in [1.807, 2.05) is 0 Å². The van der Waals surface area contributed by atoms with E-state index in [0.29, 0.717) is 37.8 Å². The highest BCUT2D eigenvalue weighted by atomic mass is 32.2. The van der Waals surface area contributed by atoms with Gasteiger partial charge in [-0.2, -0.15) is 4.31 Å². The number of hydrogen-bond acceptors (Lipinski definition) is 4. The Balaban J connectivity index is 1.82. The van der Waals surface area contributed by atoms with Gasteiger partial charge in [0.15, 0.2) is 0 Å². The van der Waals surface area contributed by atoms with Crippen molar-refractivity contribution in [3.05, 3.63) is 18.0 Å². The van der Waals surface area contributed by atoms with Gasteiger partial charge in [0.25, 0.3) is 5.91 Å². The predicted octanol–water partition coefficient (Wildman–Crippen LogP) is 0.881. The van der Waals surface area contributed by atoms with Gasteiger partial charge >= 0.3 is 0 Å². The van der Waals surface area contributed by atoms with E-state index in [4.69, 9.17) is 0 Å². The number of aromatic nitrogens is 1. The van der Waals surface area contributed by atoms with Gasteiger partial charge in [-0.05, 0) is 37.8 Å². The summed E-state index contributed by atoms with van der Waals surface area (Å²) in [4.78, 5) is 14.8. The third-order valence-corrected chi connectivity index (χ3v) is 6.91. The Morgan fingerprint density at radius 3 is 2.76 bits per heavy atom. The molecule has 1 aromatic heterocycles. The van der Waals surface area contributed by atoms with Crippen LogP contribution < -0.4 is 5.32 Å². The Hall–Kier alpha value is -1.38. The number of carbonyl (C=O) groups is 1. The summed E-state index contributed by atoms with van der Waals surface area (Å²) in [6, 6.07) is 1.54. The highest BCUT2D eigenvalue weighted by Crippen LogP contribution is 2.25. The van der Waals surface area contributed by atoms with Crippen LogP contribution >= 0.6 is 0 Å². The van der Waals surface area contributed by atoms with Crippen LogP contribution in [0.15, 0.2) is 17.2 Å². The summed E-state index contributed by atoms with van der Waals surface area (Å²) in [5.74, 6) is 0.276. The van der Waals surface area contributed by atoms with Crippen molar-refractivity contribution in [2.75, 3.05) is 39.3 Å². The molecule has 0 saturated carbocycles. The highest BCUT2D eigenvalue weighted by molar-refractivity contribution is 7.89. The third-order valence-electron chi connectivity index (χ3n) is 5.08. The van der Waals surface area contributed by atoms with Crippen LogP contribution in [0.3, 0.4) is 0 Å². The van der Waals surface area contributed by atoms with Crippen LogP contribution in [0.5, 0.6) is 0 Å². The number of nitrogens with zero attached hydrogens (tertiary/aromatic N) is 3. The molecule has 25 heavy (non-hydrogen) atoms. The quantitative estimate of drug-likeness (QED) is 0.860. The molecule has 1 atom stereocenters. The molecule has 1 unspecified atom stereocenters. The van der Waals surface area contributed by atoms with Crippen molar-refractivity contribution in [3.8, 4) is 0 Å². The van der Waals surface area contributed by atoms with Gasteiger partial charge in [-0.1, -0.05) is 6.92 Å². The van der Waals surface area contributed by atoms with Gasteiger partial charge < -0.3 is 14.8 Å². The molecular formula is C17H28N4O3S. The lowest BCUT2D eigenvalue weighted by Crippen LogP contribution is -2.38. The average Bonchev–Trinajstić information content (AvgIpc) is 2.81. The molecule has 0 radical (unpaired) electrons. The minimum absolute atomic E-state index is 0.0975. The number of hydrogen-bond donors (Lipinski definition) is 1. The lowest BCUT2D eigenvalue weighted by atomic mass is 10.0. The van der Waals surface area contributed by atoms with E-state index >= 15 is 0 Å². The third kappa shape index (κ3) is 3.91. The van der Waals surface area contributed by atoms with Crippen molar-refractivity contribution in [3.63, 3.8) is 0 Å². The standard InChI is InChI=1S/C17H28N4O3S/c1-14-5-3-9-21(12-14)25(23,24)15-11-16(19(2)13-15)17(22)20-8-4-6-18-7-10-20/h11,13-14,18H,3-10,12H2,1-2H3. The molecule has 0 bridgehead atoms. The van der Waals surface area contributed by atoms with Crippen LogP contribution in [0, 0.1) is 5.92 Å². The molecule has 2 saturated heterocycles. The normalized spacial score (nSPS) is 23.4. The Kier molecular flexibility index (Phi) is 5.50. The second-order valence-electron chi connectivity index (χ2n) is 7.18.